The Hall–Kier alpha value is -2.93. The smallest absolute Gasteiger partial charge is 0.270 e. The largest absolute Gasteiger partial charge is 0.368 e. The fourth-order valence-electron chi connectivity index (χ4n) is 3.49. The summed E-state index contributed by atoms with van der Waals surface area (Å²) < 4.78 is 13.1. The molecule has 0 aliphatic carbocycles. The van der Waals surface area contributed by atoms with Crippen molar-refractivity contribution in [1.29, 1.82) is 0 Å². The molecule has 1 saturated heterocycles. The van der Waals surface area contributed by atoms with Gasteiger partial charge >= 0.3 is 0 Å². The zero-order valence-electron chi connectivity index (χ0n) is 15.7. The number of hydrogen-bond donors (Lipinski definition) is 0. The maximum Gasteiger partial charge on any atom is 0.270 e. The third kappa shape index (κ3) is 4.24. The predicted octanol–water partition coefficient (Wildman–Crippen LogP) is 3.31. The van der Waals surface area contributed by atoms with Crippen LogP contribution in [0.1, 0.15) is 12.8 Å². The molecule has 150 valence electrons. The van der Waals surface area contributed by atoms with Crippen LogP contribution in [0.25, 0.3) is 0 Å². The summed E-state index contributed by atoms with van der Waals surface area (Å²) in [6.07, 6.45) is 0.572. The molecule has 0 unspecified atom stereocenters. The number of carbonyl (C=O) groups is 2. The minimum absolute atomic E-state index is 0.143. The van der Waals surface area contributed by atoms with Gasteiger partial charge in [0.25, 0.3) is 5.91 Å². The van der Waals surface area contributed by atoms with Crippen molar-refractivity contribution in [3.8, 4) is 0 Å². The molecule has 0 bridgehead atoms. The fourth-order valence-corrected chi connectivity index (χ4v) is 3.62. The molecular weight excluding hydrogens is 395 g/mol. The van der Waals surface area contributed by atoms with Crippen molar-refractivity contribution in [3.63, 3.8) is 0 Å². The minimum Gasteiger partial charge on any atom is -0.368 e. The van der Waals surface area contributed by atoms with Crippen LogP contribution in [-0.4, -0.2) is 48.6 Å². The molecule has 2 aromatic carbocycles. The highest BCUT2D eigenvalue weighted by Crippen LogP contribution is 2.23. The van der Waals surface area contributed by atoms with Gasteiger partial charge in [0.15, 0.2) is 0 Å². The molecule has 4 rings (SSSR count). The first kappa shape index (κ1) is 19.4. The van der Waals surface area contributed by atoms with Crippen LogP contribution in [0, 0.1) is 5.82 Å². The molecule has 0 atom stereocenters. The Morgan fingerprint density at radius 1 is 0.897 bits per heavy atom. The number of amides is 2. The topological polar surface area (TPSA) is 56.2 Å². The summed E-state index contributed by atoms with van der Waals surface area (Å²) in [4.78, 5) is 29.1. The lowest BCUT2D eigenvalue weighted by molar-refractivity contribution is -0.124. The monoisotopic (exact) mass is 414 g/mol. The van der Waals surface area contributed by atoms with Crippen LogP contribution < -0.4 is 9.91 Å². The SMILES string of the molecule is O=C(C1=NN(c2ccc(Cl)cc2)C(=O)CC1)N1CCN(c2ccc(F)cc2)CC1. The summed E-state index contributed by atoms with van der Waals surface area (Å²) >= 11 is 5.91. The number of hydrazone groups is 1. The molecule has 0 aromatic heterocycles. The standard InChI is InChI=1S/C21H20ClFN4O2/c22-15-1-5-18(6-2-15)27-20(28)10-9-19(24-27)21(29)26-13-11-25(12-14-26)17-7-3-16(23)4-8-17/h1-8H,9-14H2. The second-order valence-electron chi connectivity index (χ2n) is 6.98. The highest BCUT2D eigenvalue weighted by molar-refractivity contribution is 6.40. The van der Waals surface area contributed by atoms with Gasteiger partial charge in [-0.2, -0.15) is 5.10 Å². The van der Waals surface area contributed by atoms with Crippen LogP contribution in [-0.2, 0) is 9.59 Å². The number of benzene rings is 2. The van der Waals surface area contributed by atoms with E-state index in [1.54, 1.807) is 41.3 Å². The van der Waals surface area contributed by atoms with E-state index in [2.05, 4.69) is 10.0 Å². The normalized spacial score (nSPS) is 17.4. The van der Waals surface area contributed by atoms with E-state index in [-0.39, 0.29) is 24.1 Å². The minimum atomic E-state index is -0.266. The molecule has 29 heavy (non-hydrogen) atoms. The van der Waals surface area contributed by atoms with Crippen molar-refractivity contribution in [3.05, 3.63) is 59.4 Å². The van der Waals surface area contributed by atoms with Gasteiger partial charge in [-0.15, -0.1) is 0 Å². The van der Waals surface area contributed by atoms with Crippen molar-refractivity contribution in [2.24, 2.45) is 5.10 Å². The Labute approximate surface area is 173 Å². The Morgan fingerprint density at radius 3 is 2.17 bits per heavy atom. The van der Waals surface area contributed by atoms with Gasteiger partial charge in [0.05, 0.1) is 5.69 Å². The van der Waals surface area contributed by atoms with Gasteiger partial charge in [-0.05, 0) is 48.5 Å². The number of piperazine rings is 1. The van der Waals surface area contributed by atoms with Crippen molar-refractivity contribution >= 4 is 40.5 Å². The number of anilines is 2. The van der Waals surface area contributed by atoms with E-state index < -0.39 is 0 Å². The van der Waals surface area contributed by atoms with E-state index in [9.17, 15) is 14.0 Å². The van der Waals surface area contributed by atoms with Crippen LogP contribution in [0.3, 0.4) is 0 Å². The summed E-state index contributed by atoms with van der Waals surface area (Å²) in [7, 11) is 0. The van der Waals surface area contributed by atoms with Crippen molar-refractivity contribution in [1.82, 2.24) is 4.90 Å². The van der Waals surface area contributed by atoms with Crippen LogP contribution in [0.5, 0.6) is 0 Å². The molecule has 2 amide bonds. The first-order valence-electron chi connectivity index (χ1n) is 9.47. The van der Waals surface area contributed by atoms with Crippen LogP contribution in [0.4, 0.5) is 15.8 Å². The van der Waals surface area contributed by atoms with Gasteiger partial charge in [-0.1, -0.05) is 11.6 Å². The highest BCUT2D eigenvalue weighted by Gasteiger charge is 2.30. The van der Waals surface area contributed by atoms with Gasteiger partial charge in [-0.3, -0.25) is 9.59 Å². The Balaban J connectivity index is 1.44. The number of carbonyl (C=O) groups excluding carboxylic acids is 2. The van der Waals surface area contributed by atoms with Gasteiger partial charge in [-0.25, -0.2) is 9.40 Å². The van der Waals surface area contributed by atoms with Gasteiger partial charge < -0.3 is 9.80 Å². The Kier molecular flexibility index (Phi) is 5.49. The molecule has 0 radical (unpaired) electrons. The third-order valence-electron chi connectivity index (χ3n) is 5.11. The van der Waals surface area contributed by atoms with E-state index >= 15 is 0 Å². The van der Waals surface area contributed by atoms with Crippen molar-refractivity contribution < 1.29 is 14.0 Å². The second kappa shape index (κ2) is 8.21. The van der Waals surface area contributed by atoms with Gasteiger partial charge in [0.2, 0.25) is 5.91 Å². The van der Waals surface area contributed by atoms with E-state index in [4.69, 9.17) is 11.6 Å². The molecule has 8 heteroatoms. The average Bonchev–Trinajstić information content (AvgIpc) is 2.75. The van der Waals surface area contributed by atoms with Crippen molar-refractivity contribution in [2.45, 2.75) is 12.8 Å². The summed E-state index contributed by atoms with van der Waals surface area (Å²) in [5.41, 5.74) is 1.91. The quantitative estimate of drug-likeness (QED) is 0.774. The number of hydrogen-bond acceptors (Lipinski definition) is 4. The van der Waals surface area contributed by atoms with E-state index in [0.29, 0.717) is 49.0 Å². The number of nitrogens with zero attached hydrogens (tertiary/aromatic N) is 4. The maximum absolute atomic E-state index is 13.1. The second-order valence-corrected chi connectivity index (χ2v) is 7.42. The van der Waals surface area contributed by atoms with E-state index in [1.165, 1.54) is 17.1 Å². The average molecular weight is 415 g/mol. The van der Waals surface area contributed by atoms with E-state index in [1.807, 2.05) is 0 Å². The molecule has 2 aromatic rings. The van der Waals surface area contributed by atoms with Crippen LogP contribution in [0.15, 0.2) is 53.6 Å². The molecule has 0 N–H and O–H groups in total. The van der Waals surface area contributed by atoms with Gasteiger partial charge in [0, 0.05) is 49.7 Å². The summed E-state index contributed by atoms with van der Waals surface area (Å²) in [6.45, 7) is 2.41. The highest BCUT2D eigenvalue weighted by atomic mass is 35.5. The summed E-state index contributed by atoms with van der Waals surface area (Å²) in [5.74, 6) is -0.558. The maximum atomic E-state index is 13.1. The van der Waals surface area contributed by atoms with Crippen molar-refractivity contribution in [2.75, 3.05) is 36.1 Å². The predicted molar refractivity (Wildman–Crippen MR) is 111 cm³/mol. The lowest BCUT2D eigenvalue weighted by atomic mass is 10.1. The number of rotatable bonds is 3. The lowest BCUT2D eigenvalue weighted by Crippen LogP contribution is -2.51. The van der Waals surface area contributed by atoms with Crippen LogP contribution in [0.2, 0.25) is 5.02 Å². The number of halogens is 2. The molecule has 6 nitrogen and oxygen atoms in total. The third-order valence-corrected chi connectivity index (χ3v) is 5.36. The van der Waals surface area contributed by atoms with E-state index in [0.717, 1.165) is 5.69 Å². The molecular formula is C21H20ClFN4O2. The van der Waals surface area contributed by atoms with Gasteiger partial charge in [0.1, 0.15) is 11.5 Å². The molecule has 1 fully saturated rings. The summed E-state index contributed by atoms with van der Waals surface area (Å²) in [5, 5.41) is 6.18. The molecule has 2 heterocycles. The molecule has 2 aliphatic rings. The molecule has 0 saturated carbocycles. The fraction of sp³-hybridized carbons (Fsp3) is 0.286. The first-order valence-corrected chi connectivity index (χ1v) is 9.85. The Bertz CT molecular complexity index is 938. The Morgan fingerprint density at radius 2 is 1.52 bits per heavy atom. The zero-order chi connectivity index (χ0) is 20.4. The van der Waals surface area contributed by atoms with Crippen LogP contribution >= 0.6 is 11.6 Å². The lowest BCUT2D eigenvalue weighted by Gasteiger charge is -2.36. The molecule has 2 aliphatic heterocycles. The first-order chi connectivity index (χ1) is 14.0. The molecule has 0 spiro atoms. The summed E-state index contributed by atoms with van der Waals surface area (Å²) in [6, 6.07) is 13.1. The zero-order valence-corrected chi connectivity index (χ0v) is 16.5.